The number of carbonyl (C=O) groups excluding carboxylic acids is 3. The number of nitrogens with two attached hydrogens (primary N) is 1. The molecule has 0 aromatic heterocycles. The second-order valence-electron chi connectivity index (χ2n) is 4.56. The molecular weight excluding hydrogens is 363 g/mol. The molecule has 24 heavy (non-hydrogen) atoms. The van der Waals surface area contributed by atoms with Crippen LogP contribution in [0.3, 0.4) is 0 Å². The van der Waals surface area contributed by atoms with E-state index < -0.39 is 36.7 Å². The Morgan fingerprint density at radius 3 is 2.21 bits per heavy atom. The van der Waals surface area contributed by atoms with Crippen molar-refractivity contribution in [3.8, 4) is 0 Å². The summed E-state index contributed by atoms with van der Waals surface area (Å²) in [6.45, 7) is -0.986. The van der Waals surface area contributed by atoms with Gasteiger partial charge in [0.15, 0.2) is 0 Å². The van der Waals surface area contributed by atoms with Crippen LogP contribution in [-0.2, 0) is 28.4 Å². The molecule has 0 aliphatic heterocycles. The highest BCUT2D eigenvalue weighted by molar-refractivity contribution is 8.54. The molecule has 0 saturated carbocycles. The third-order valence-corrected chi connectivity index (χ3v) is 4.86. The number of carbonyl (C=O) groups is 3. The molecule has 0 radical (unpaired) electrons. The summed E-state index contributed by atoms with van der Waals surface area (Å²) < 4.78 is 20.3. The maximum absolute atomic E-state index is 11.8. The van der Waals surface area contributed by atoms with Crippen molar-refractivity contribution in [3.63, 3.8) is 0 Å². The van der Waals surface area contributed by atoms with Gasteiger partial charge in [-0.1, -0.05) is 0 Å². The lowest BCUT2D eigenvalue weighted by Crippen LogP contribution is -2.44. The molecule has 0 spiro atoms. The van der Waals surface area contributed by atoms with E-state index in [0.29, 0.717) is 0 Å². The molecule has 10 nitrogen and oxygen atoms in total. The van der Waals surface area contributed by atoms with Crippen LogP contribution in [0.4, 0.5) is 0 Å². The Morgan fingerprint density at radius 1 is 1.17 bits per heavy atom. The van der Waals surface area contributed by atoms with Gasteiger partial charge in [0, 0.05) is 12.2 Å². The van der Waals surface area contributed by atoms with Gasteiger partial charge in [0.25, 0.3) is 0 Å². The van der Waals surface area contributed by atoms with Crippen molar-refractivity contribution in [3.05, 3.63) is 0 Å². The van der Waals surface area contributed by atoms with Crippen LogP contribution >= 0.6 is 18.2 Å². The highest BCUT2D eigenvalue weighted by Crippen LogP contribution is 2.50. The van der Waals surface area contributed by atoms with Crippen molar-refractivity contribution >= 4 is 36.0 Å². The summed E-state index contributed by atoms with van der Waals surface area (Å²) in [5.74, 6) is -2.39. The highest BCUT2D eigenvalue weighted by Gasteiger charge is 2.27. The Bertz CT molecular complexity index is 484. The quantitative estimate of drug-likeness (QED) is 0.269. The van der Waals surface area contributed by atoms with Gasteiger partial charge in [-0.3, -0.25) is 9.59 Å². The van der Waals surface area contributed by atoms with Gasteiger partial charge < -0.3 is 30.3 Å². The zero-order valence-electron chi connectivity index (χ0n) is 13.5. The van der Waals surface area contributed by atoms with Gasteiger partial charge in [0.1, 0.15) is 12.1 Å². The van der Waals surface area contributed by atoms with Crippen molar-refractivity contribution < 1.29 is 38.2 Å². The zero-order valence-corrected chi connectivity index (χ0v) is 15.2. The van der Waals surface area contributed by atoms with Crippen LogP contribution in [0.5, 0.6) is 0 Å². The first kappa shape index (κ1) is 22.9. The fourth-order valence-corrected chi connectivity index (χ4v) is 3.10. The number of esters is 2. The first-order valence-electron chi connectivity index (χ1n) is 7.19. The molecule has 1 amide bonds. The highest BCUT2D eigenvalue weighted by atomic mass is 32.7. The third kappa shape index (κ3) is 10.6. The first-order chi connectivity index (χ1) is 11.1. The molecule has 0 aromatic rings. The molecule has 0 rings (SSSR count). The molecule has 0 heterocycles. The van der Waals surface area contributed by atoms with Gasteiger partial charge in [-0.15, -0.1) is 0 Å². The fraction of sp³-hybridized carbons (Fsp3) is 0.750. The predicted molar refractivity (Wildman–Crippen MR) is 86.9 cm³/mol. The van der Waals surface area contributed by atoms with Gasteiger partial charge in [-0.25, -0.2) is 9.36 Å². The summed E-state index contributed by atoms with van der Waals surface area (Å²) in [4.78, 5) is 52.6. The van der Waals surface area contributed by atoms with E-state index in [0.717, 1.165) is 0 Å². The lowest BCUT2D eigenvalue weighted by atomic mass is 10.1. The topological polar surface area (TPSA) is 165 Å². The van der Waals surface area contributed by atoms with Crippen LogP contribution in [-0.4, -0.2) is 58.7 Å². The van der Waals surface area contributed by atoms with Crippen LogP contribution in [0, 0.1) is 0 Å². The molecule has 0 unspecified atom stereocenters. The predicted octanol–water partition coefficient (Wildman–Crippen LogP) is -0.469. The summed E-state index contributed by atoms with van der Waals surface area (Å²) in [5, 5.41) is 2.32. The number of rotatable bonds is 11. The molecule has 0 aromatic carbocycles. The van der Waals surface area contributed by atoms with Crippen molar-refractivity contribution in [2.24, 2.45) is 5.73 Å². The smallest absolute Gasteiger partial charge is 0.384 e. The lowest BCUT2D eigenvalue weighted by molar-refractivity contribution is -0.147. The Kier molecular flexibility index (Phi) is 10.9. The normalized spacial score (nSPS) is 13.7. The number of hydrogen-bond donors (Lipinski definition) is 4. The molecule has 2 atom stereocenters. The maximum atomic E-state index is 11.8. The fourth-order valence-electron chi connectivity index (χ4n) is 1.50. The standard InChI is InChI=1S/C12H23N2O8PS/c1-3-21-11(16)8(13)5-6-10(15)14-9(12(17)22-4-2)7-24-23(18,19)20/h8-9H,3-7,13H2,1-2H3,(H,14,15)(H2,18,19,20)/t8-,9-/m0/s1. The van der Waals surface area contributed by atoms with Crippen molar-refractivity contribution in [2.45, 2.75) is 38.8 Å². The molecule has 140 valence electrons. The first-order valence-corrected chi connectivity index (χ1v) is 10.4. The van der Waals surface area contributed by atoms with Crippen molar-refractivity contribution in [1.82, 2.24) is 5.32 Å². The summed E-state index contributed by atoms with van der Waals surface area (Å²) in [6, 6.07) is -2.19. The zero-order chi connectivity index (χ0) is 18.8. The van der Waals surface area contributed by atoms with E-state index in [1.54, 1.807) is 13.8 Å². The molecule has 0 aliphatic rings. The minimum Gasteiger partial charge on any atom is -0.465 e. The van der Waals surface area contributed by atoms with Gasteiger partial charge in [-0.2, -0.15) is 0 Å². The van der Waals surface area contributed by atoms with Crippen LogP contribution in [0.1, 0.15) is 26.7 Å². The lowest BCUT2D eigenvalue weighted by Gasteiger charge is -2.17. The molecule has 0 aliphatic carbocycles. The minimum atomic E-state index is -4.40. The largest absolute Gasteiger partial charge is 0.465 e. The number of ether oxygens (including phenoxy) is 2. The van der Waals surface area contributed by atoms with Crippen LogP contribution in [0.2, 0.25) is 0 Å². The number of nitrogens with one attached hydrogen (secondary N) is 1. The van der Waals surface area contributed by atoms with E-state index in [9.17, 15) is 18.9 Å². The maximum Gasteiger partial charge on any atom is 0.384 e. The Morgan fingerprint density at radius 2 is 1.71 bits per heavy atom. The average Bonchev–Trinajstić information content (AvgIpc) is 2.48. The molecule has 5 N–H and O–H groups in total. The van der Waals surface area contributed by atoms with E-state index in [-0.39, 0.29) is 43.2 Å². The summed E-state index contributed by atoms with van der Waals surface area (Å²) >= 11 is 0.226. The minimum absolute atomic E-state index is 0.00580. The van der Waals surface area contributed by atoms with Crippen molar-refractivity contribution in [1.29, 1.82) is 0 Å². The number of hydrogen-bond acceptors (Lipinski definition) is 8. The molecule has 0 saturated heterocycles. The molecule has 0 bridgehead atoms. The molecule has 0 fully saturated rings. The third-order valence-electron chi connectivity index (χ3n) is 2.59. The van der Waals surface area contributed by atoms with Gasteiger partial charge >= 0.3 is 18.7 Å². The van der Waals surface area contributed by atoms with Crippen LogP contribution in [0.15, 0.2) is 0 Å². The molecule has 12 heteroatoms. The van der Waals surface area contributed by atoms with Crippen LogP contribution in [0.25, 0.3) is 0 Å². The van der Waals surface area contributed by atoms with Crippen LogP contribution < -0.4 is 11.1 Å². The monoisotopic (exact) mass is 386 g/mol. The second kappa shape index (κ2) is 11.4. The van der Waals surface area contributed by atoms with Crippen molar-refractivity contribution in [2.75, 3.05) is 19.0 Å². The van der Waals surface area contributed by atoms with E-state index >= 15 is 0 Å². The Balaban J connectivity index is 4.54. The van der Waals surface area contributed by atoms with Gasteiger partial charge in [-0.05, 0) is 31.7 Å². The second-order valence-corrected chi connectivity index (χ2v) is 8.33. The number of amides is 1. The van der Waals surface area contributed by atoms with Gasteiger partial charge in [0.05, 0.1) is 13.2 Å². The summed E-state index contributed by atoms with van der Waals surface area (Å²) in [5.41, 5.74) is 5.55. The SMILES string of the molecule is CCOC(=O)[C@H](CSP(=O)(O)O)NC(=O)CC[C@H](N)C(=O)OCC. The summed E-state index contributed by atoms with van der Waals surface area (Å²) in [7, 11) is 0. The van der Waals surface area contributed by atoms with E-state index in [1.807, 2.05) is 0 Å². The van der Waals surface area contributed by atoms with E-state index in [1.165, 1.54) is 0 Å². The Hall–Kier alpha value is -1.13. The average molecular weight is 386 g/mol. The van der Waals surface area contributed by atoms with Gasteiger partial charge in [0.2, 0.25) is 5.91 Å². The van der Waals surface area contributed by atoms with E-state index in [2.05, 4.69) is 5.32 Å². The Labute approximate surface area is 143 Å². The molecular formula is C12H23N2O8PS. The summed E-state index contributed by atoms with van der Waals surface area (Å²) in [6.07, 6.45) is -0.150. The van der Waals surface area contributed by atoms with E-state index in [4.69, 9.17) is 25.0 Å².